The minimum atomic E-state index is -3.27. The summed E-state index contributed by atoms with van der Waals surface area (Å²) in [6, 6.07) is 7.75. The lowest BCUT2D eigenvalue weighted by atomic mass is 9.83. The molecule has 0 spiro atoms. The molecule has 1 aromatic carbocycles. The predicted molar refractivity (Wildman–Crippen MR) is 105 cm³/mol. The van der Waals surface area contributed by atoms with E-state index in [1.54, 1.807) is 0 Å². The molecule has 2 heterocycles. The summed E-state index contributed by atoms with van der Waals surface area (Å²) in [6.45, 7) is 4.99. The largest absolute Gasteiger partial charge is 0.487 e. The zero-order chi connectivity index (χ0) is 19.7. The van der Waals surface area contributed by atoms with E-state index >= 15 is 0 Å². The average molecular weight is 395 g/mol. The number of amides is 1. The van der Waals surface area contributed by atoms with E-state index in [0.717, 1.165) is 37.0 Å². The number of piperidine rings is 1. The molecular formula is C20H30N2O4S. The molecule has 0 unspecified atom stereocenters. The fourth-order valence-corrected chi connectivity index (χ4v) is 5.09. The van der Waals surface area contributed by atoms with Crippen molar-refractivity contribution in [1.29, 1.82) is 0 Å². The van der Waals surface area contributed by atoms with Crippen molar-refractivity contribution in [3.05, 3.63) is 29.8 Å². The Balaban J connectivity index is 1.78. The molecule has 2 atom stereocenters. The molecule has 2 aliphatic heterocycles. The first-order valence-corrected chi connectivity index (χ1v) is 11.7. The molecule has 0 aromatic heterocycles. The first-order valence-electron chi connectivity index (χ1n) is 9.81. The molecule has 1 N–H and O–H groups in total. The number of para-hydroxylation sites is 1. The Kier molecular flexibility index (Phi) is 5.82. The maximum Gasteiger partial charge on any atom is 0.224 e. The van der Waals surface area contributed by atoms with Crippen LogP contribution in [0.1, 0.15) is 57.6 Å². The molecule has 0 radical (unpaired) electrons. The Hall–Kier alpha value is -1.60. The van der Waals surface area contributed by atoms with Gasteiger partial charge in [-0.1, -0.05) is 32.0 Å². The molecule has 0 aliphatic carbocycles. The number of sulfonamides is 1. The Morgan fingerprint density at radius 2 is 2.00 bits per heavy atom. The van der Waals surface area contributed by atoms with E-state index in [1.807, 2.05) is 24.3 Å². The lowest BCUT2D eigenvalue weighted by Crippen LogP contribution is -2.48. The summed E-state index contributed by atoms with van der Waals surface area (Å²) in [5.74, 6) is 0.464. The van der Waals surface area contributed by atoms with Crippen molar-refractivity contribution in [1.82, 2.24) is 9.62 Å². The van der Waals surface area contributed by atoms with E-state index in [2.05, 4.69) is 19.2 Å². The van der Waals surface area contributed by atoms with Gasteiger partial charge in [0.15, 0.2) is 0 Å². The number of nitrogens with zero attached hydrogens (tertiary/aromatic N) is 1. The predicted octanol–water partition coefficient (Wildman–Crippen LogP) is 2.86. The van der Waals surface area contributed by atoms with E-state index < -0.39 is 10.0 Å². The highest BCUT2D eigenvalue weighted by molar-refractivity contribution is 7.88. The third-order valence-corrected chi connectivity index (χ3v) is 7.30. The van der Waals surface area contributed by atoms with Gasteiger partial charge < -0.3 is 10.1 Å². The van der Waals surface area contributed by atoms with Gasteiger partial charge in [0.1, 0.15) is 11.4 Å². The highest BCUT2D eigenvalue weighted by Crippen LogP contribution is 2.42. The molecule has 1 fully saturated rings. The van der Waals surface area contributed by atoms with Gasteiger partial charge in [0.2, 0.25) is 15.9 Å². The van der Waals surface area contributed by atoms with Gasteiger partial charge in [-0.05, 0) is 31.7 Å². The summed E-state index contributed by atoms with van der Waals surface area (Å²) < 4.78 is 31.4. The first kappa shape index (κ1) is 20.1. The summed E-state index contributed by atoms with van der Waals surface area (Å²) in [4.78, 5) is 13.0. The molecule has 150 valence electrons. The maximum absolute atomic E-state index is 13.0. The molecular weight excluding hydrogens is 364 g/mol. The van der Waals surface area contributed by atoms with Crippen LogP contribution in [0.4, 0.5) is 0 Å². The van der Waals surface area contributed by atoms with Crippen molar-refractivity contribution in [2.45, 2.75) is 57.6 Å². The standard InChI is InChI=1S/C20H30N2O4S/c1-4-20(5-2)13-17(16-10-6-7-11-18(16)26-20)21-19(23)15-9-8-12-22(14-15)27(3,24)25/h6-7,10-11,15,17H,4-5,8-9,12-14H2,1-3H3,(H,21,23)/t15-,17+/m1/s1. The quantitative estimate of drug-likeness (QED) is 0.833. The van der Waals surface area contributed by atoms with Gasteiger partial charge >= 0.3 is 0 Å². The Bertz CT molecular complexity index is 789. The van der Waals surface area contributed by atoms with Crippen LogP contribution in [0, 0.1) is 5.92 Å². The van der Waals surface area contributed by atoms with Crippen LogP contribution in [0.5, 0.6) is 5.75 Å². The fraction of sp³-hybridized carbons (Fsp3) is 0.650. The minimum absolute atomic E-state index is 0.0637. The van der Waals surface area contributed by atoms with E-state index in [-0.39, 0.29) is 30.0 Å². The van der Waals surface area contributed by atoms with E-state index in [4.69, 9.17) is 4.74 Å². The van der Waals surface area contributed by atoms with Crippen LogP contribution < -0.4 is 10.1 Å². The molecule has 6 nitrogen and oxygen atoms in total. The van der Waals surface area contributed by atoms with E-state index in [9.17, 15) is 13.2 Å². The van der Waals surface area contributed by atoms with Crippen molar-refractivity contribution in [3.8, 4) is 5.75 Å². The van der Waals surface area contributed by atoms with Crippen LogP contribution in [0.3, 0.4) is 0 Å². The van der Waals surface area contributed by atoms with Gasteiger partial charge in [0.05, 0.1) is 18.2 Å². The van der Waals surface area contributed by atoms with Crippen LogP contribution in [-0.4, -0.2) is 43.6 Å². The van der Waals surface area contributed by atoms with Crippen molar-refractivity contribution >= 4 is 15.9 Å². The monoisotopic (exact) mass is 394 g/mol. The Morgan fingerprint density at radius 1 is 1.30 bits per heavy atom. The third-order valence-electron chi connectivity index (χ3n) is 6.03. The first-order chi connectivity index (χ1) is 12.8. The second-order valence-corrected chi connectivity index (χ2v) is 9.74. The molecule has 7 heteroatoms. The van der Waals surface area contributed by atoms with Crippen molar-refractivity contribution in [2.75, 3.05) is 19.3 Å². The number of nitrogens with one attached hydrogen (secondary N) is 1. The lowest BCUT2D eigenvalue weighted by molar-refractivity contribution is -0.127. The number of benzene rings is 1. The summed E-state index contributed by atoms with van der Waals surface area (Å²) in [5.41, 5.74) is 0.719. The zero-order valence-electron chi connectivity index (χ0n) is 16.4. The molecule has 27 heavy (non-hydrogen) atoms. The maximum atomic E-state index is 13.0. The van der Waals surface area contributed by atoms with Crippen LogP contribution in [0.15, 0.2) is 24.3 Å². The van der Waals surface area contributed by atoms with Crippen LogP contribution >= 0.6 is 0 Å². The second kappa shape index (κ2) is 7.80. The van der Waals surface area contributed by atoms with Gasteiger partial charge in [0, 0.05) is 25.1 Å². The fourth-order valence-electron chi connectivity index (χ4n) is 4.18. The highest BCUT2D eigenvalue weighted by Gasteiger charge is 2.40. The van der Waals surface area contributed by atoms with Gasteiger partial charge in [-0.2, -0.15) is 0 Å². The highest BCUT2D eigenvalue weighted by atomic mass is 32.2. The van der Waals surface area contributed by atoms with Gasteiger partial charge in [-0.25, -0.2) is 12.7 Å². The second-order valence-electron chi connectivity index (χ2n) is 7.76. The normalized spacial score (nSPS) is 25.3. The van der Waals surface area contributed by atoms with Gasteiger partial charge in [0.25, 0.3) is 0 Å². The number of hydrogen-bond donors (Lipinski definition) is 1. The number of carbonyl (C=O) groups is 1. The SMILES string of the molecule is CCC1(CC)C[C@H](NC(=O)[C@@H]2CCCN(S(C)(=O)=O)C2)c2ccccc2O1. The molecule has 0 bridgehead atoms. The van der Waals surface area contributed by atoms with Crippen LogP contribution in [0.25, 0.3) is 0 Å². The van der Waals surface area contributed by atoms with E-state index in [1.165, 1.54) is 10.6 Å². The van der Waals surface area contributed by atoms with E-state index in [0.29, 0.717) is 13.0 Å². The molecule has 2 aliphatic rings. The molecule has 0 saturated carbocycles. The van der Waals surface area contributed by atoms with Gasteiger partial charge in [-0.3, -0.25) is 4.79 Å². The summed E-state index contributed by atoms with van der Waals surface area (Å²) in [7, 11) is -3.27. The average Bonchev–Trinajstić information content (AvgIpc) is 2.67. The Morgan fingerprint density at radius 3 is 2.67 bits per heavy atom. The van der Waals surface area contributed by atoms with Crippen molar-refractivity contribution in [3.63, 3.8) is 0 Å². The molecule has 1 aromatic rings. The Labute approximate surface area is 162 Å². The van der Waals surface area contributed by atoms with Crippen LogP contribution in [-0.2, 0) is 14.8 Å². The number of rotatable bonds is 5. The summed E-state index contributed by atoms with van der Waals surface area (Å²) in [6.07, 6.45) is 5.11. The number of ether oxygens (including phenoxy) is 1. The molecule has 1 amide bonds. The summed E-state index contributed by atoms with van der Waals surface area (Å²) in [5, 5.41) is 3.20. The lowest BCUT2D eigenvalue weighted by Gasteiger charge is -2.42. The smallest absolute Gasteiger partial charge is 0.224 e. The van der Waals surface area contributed by atoms with Gasteiger partial charge in [-0.15, -0.1) is 0 Å². The number of fused-ring (bicyclic) bond motifs is 1. The molecule has 3 rings (SSSR count). The number of carbonyl (C=O) groups excluding carboxylic acids is 1. The minimum Gasteiger partial charge on any atom is -0.487 e. The van der Waals surface area contributed by atoms with Crippen LogP contribution in [0.2, 0.25) is 0 Å². The van der Waals surface area contributed by atoms with Crippen molar-refractivity contribution < 1.29 is 17.9 Å². The number of hydrogen-bond acceptors (Lipinski definition) is 4. The molecule has 1 saturated heterocycles. The summed E-state index contributed by atoms with van der Waals surface area (Å²) >= 11 is 0. The topological polar surface area (TPSA) is 75.7 Å². The van der Waals surface area contributed by atoms with Crippen molar-refractivity contribution in [2.24, 2.45) is 5.92 Å². The third kappa shape index (κ3) is 4.29. The zero-order valence-corrected chi connectivity index (χ0v) is 17.2.